The van der Waals surface area contributed by atoms with Gasteiger partial charge in [-0.3, -0.25) is 4.90 Å². The molecule has 0 saturated carbocycles. The molecule has 0 radical (unpaired) electrons. The number of nitrogens with zero attached hydrogens (tertiary/aromatic N) is 2. The molecule has 1 aromatic rings. The summed E-state index contributed by atoms with van der Waals surface area (Å²) in [6, 6.07) is 8.79. The first-order valence-electron chi connectivity index (χ1n) is 10.2. The number of amides is 1. The second-order valence-corrected chi connectivity index (χ2v) is 8.81. The van der Waals surface area contributed by atoms with Gasteiger partial charge in [0.2, 0.25) is 0 Å². The van der Waals surface area contributed by atoms with Gasteiger partial charge in [0.25, 0.3) is 0 Å². The summed E-state index contributed by atoms with van der Waals surface area (Å²) in [5, 5.41) is 3.25. The highest BCUT2D eigenvalue weighted by molar-refractivity contribution is 8.00. The maximum atomic E-state index is 11.2. The Labute approximate surface area is 181 Å². The minimum absolute atomic E-state index is 0. The third-order valence-corrected chi connectivity index (χ3v) is 5.68. The fourth-order valence-electron chi connectivity index (χ4n) is 3.26. The largest absolute Gasteiger partial charge is 0.450 e. The first-order valence-corrected chi connectivity index (χ1v) is 11.1. The molecule has 0 aromatic heterocycles. The number of ether oxygens (including phenoxy) is 1. The quantitative estimate of drug-likeness (QED) is 0.433. The molecule has 2 rings (SSSR count). The number of thioether (sulfide) groups is 1. The Kier molecular flexibility index (Phi) is 12.4. The highest BCUT2D eigenvalue weighted by Crippen LogP contribution is 2.33. The number of para-hydroxylation sites is 1. The van der Waals surface area contributed by atoms with Gasteiger partial charge in [-0.25, -0.2) is 4.79 Å². The van der Waals surface area contributed by atoms with Crippen molar-refractivity contribution in [3.8, 4) is 0 Å². The van der Waals surface area contributed by atoms with E-state index in [0.29, 0.717) is 18.4 Å². The van der Waals surface area contributed by atoms with Crippen LogP contribution in [0.1, 0.15) is 40.0 Å². The summed E-state index contributed by atoms with van der Waals surface area (Å²) in [7, 11) is 0. The smallest absolute Gasteiger partial charge is 0.407 e. The van der Waals surface area contributed by atoms with Gasteiger partial charge in [0.05, 0.1) is 12.3 Å². The van der Waals surface area contributed by atoms with E-state index in [1.54, 1.807) is 0 Å². The van der Waals surface area contributed by atoms with E-state index < -0.39 is 0 Å². The Bertz CT molecular complexity index is 566. The third-order valence-electron chi connectivity index (χ3n) is 4.61. The summed E-state index contributed by atoms with van der Waals surface area (Å²) in [6.45, 7) is 13.1. The molecule has 7 heteroatoms. The lowest BCUT2D eigenvalue weighted by Crippen LogP contribution is -2.46. The van der Waals surface area contributed by atoms with Crippen molar-refractivity contribution in [2.24, 2.45) is 0 Å². The molecule has 1 fully saturated rings. The zero-order valence-electron chi connectivity index (χ0n) is 17.5. The molecule has 0 bridgehead atoms. The molecule has 160 valence electrons. The number of hydrogen-bond acceptors (Lipinski definition) is 5. The number of alkyl carbamates (subject to hydrolysis) is 1. The molecular formula is C21H36ClN3O2S. The van der Waals surface area contributed by atoms with Gasteiger partial charge in [-0.15, -0.1) is 24.2 Å². The summed E-state index contributed by atoms with van der Waals surface area (Å²) in [6.07, 6.45) is 2.91. The predicted octanol–water partition coefficient (Wildman–Crippen LogP) is 4.65. The lowest BCUT2D eigenvalue weighted by atomic mass is 10.2. The second kappa shape index (κ2) is 14.0. The highest BCUT2D eigenvalue weighted by atomic mass is 35.5. The van der Waals surface area contributed by atoms with E-state index in [9.17, 15) is 4.79 Å². The first-order chi connectivity index (χ1) is 13.1. The van der Waals surface area contributed by atoms with Crippen molar-refractivity contribution in [2.45, 2.75) is 50.2 Å². The third kappa shape index (κ3) is 8.93. The molecule has 1 aromatic carbocycles. The van der Waals surface area contributed by atoms with Crippen LogP contribution in [-0.2, 0) is 4.74 Å². The number of carbonyl (C=O) groups is 1. The molecule has 0 aliphatic carbocycles. The van der Waals surface area contributed by atoms with Gasteiger partial charge in [-0.1, -0.05) is 26.0 Å². The lowest BCUT2D eigenvalue weighted by molar-refractivity contribution is 0.143. The fourth-order valence-corrected chi connectivity index (χ4v) is 4.24. The Morgan fingerprint density at radius 2 is 1.86 bits per heavy atom. The topological polar surface area (TPSA) is 44.8 Å². The Hall–Kier alpha value is -1.11. The van der Waals surface area contributed by atoms with Crippen molar-refractivity contribution < 1.29 is 9.53 Å². The molecule has 28 heavy (non-hydrogen) atoms. The molecule has 1 saturated heterocycles. The molecule has 0 atom stereocenters. The van der Waals surface area contributed by atoms with E-state index >= 15 is 0 Å². The number of rotatable bonds is 10. The molecule has 1 N–H and O–H groups in total. The van der Waals surface area contributed by atoms with Crippen molar-refractivity contribution in [1.82, 2.24) is 10.2 Å². The van der Waals surface area contributed by atoms with Crippen LogP contribution in [0.5, 0.6) is 0 Å². The summed E-state index contributed by atoms with van der Waals surface area (Å²) in [5.41, 5.74) is 1.39. The van der Waals surface area contributed by atoms with Crippen molar-refractivity contribution >= 4 is 35.9 Å². The van der Waals surface area contributed by atoms with Gasteiger partial charge in [-0.2, -0.15) is 0 Å². The summed E-state index contributed by atoms with van der Waals surface area (Å²) in [5.74, 6) is 0. The van der Waals surface area contributed by atoms with E-state index in [0.717, 1.165) is 45.6 Å². The number of piperazine rings is 1. The van der Waals surface area contributed by atoms with Crippen molar-refractivity contribution in [3.05, 3.63) is 24.3 Å². The summed E-state index contributed by atoms with van der Waals surface area (Å²) >= 11 is 1.95. The van der Waals surface area contributed by atoms with Crippen LogP contribution in [0, 0.1) is 0 Å². The van der Waals surface area contributed by atoms with Crippen molar-refractivity contribution in [1.29, 1.82) is 0 Å². The molecule has 0 unspecified atom stereocenters. The van der Waals surface area contributed by atoms with Crippen molar-refractivity contribution in [2.75, 3.05) is 50.8 Å². The van der Waals surface area contributed by atoms with Gasteiger partial charge >= 0.3 is 6.09 Å². The number of nitrogens with one attached hydrogen (secondary N) is 1. The van der Waals surface area contributed by atoms with Crippen LogP contribution >= 0.6 is 24.2 Å². The molecule has 1 amide bonds. The van der Waals surface area contributed by atoms with Gasteiger partial charge in [0.1, 0.15) is 0 Å². The van der Waals surface area contributed by atoms with Gasteiger partial charge in [0.15, 0.2) is 0 Å². The standard InChI is InChI=1S/C21H35N3O2S.ClH/c1-4-22-21(25)26-17-9-5-8-12-23-13-15-24(16-14-23)19-10-6-7-11-20(19)27-18(2)3;/h6-7,10-11,18H,4-5,8-9,12-17H2,1-3H3,(H,22,25);1H. The average Bonchev–Trinajstić information content (AvgIpc) is 2.65. The van der Waals surface area contributed by atoms with Crippen LogP contribution in [0.15, 0.2) is 29.2 Å². The van der Waals surface area contributed by atoms with Crippen LogP contribution in [0.25, 0.3) is 0 Å². The second-order valence-electron chi connectivity index (χ2n) is 7.19. The molecule has 1 aliphatic rings. The van der Waals surface area contributed by atoms with Gasteiger partial charge in [-0.05, 0) is 44.9 Å². The molecule has 1 heterocycles. The van der Waals surface area contributed by atoms with Crippen LogP contribution < -0.4 is 10.2 Å². The summed E-state index contributed by atoms with van der Waals surface area (Å²) < 4.78 is 5.10. The van der Waals surface area contributed by atoms with Crippen LogP contribution in [0.2, 0.25) is 0 Å². The molecule has 5 nitrogen and oxygen atoms in total. The van der Waals surface area contributed by atoms with E-state index in [-0.39, 0.29) is 18.5 Å². The lowest BCUT2D eigenvalue weighted by Gasteiger charge is -2.37. The van der Waals surface area contributed by atoms with E-state index in [2.05, 4.69) is 53.2 Å². The number of unbranched alkanes of at least 4 members (excludes halogenated alkanes) is 2. The molecule has 1 aliphatic heterocycles. The highest BCUT2D eigenvalue weighted by Gasteiger charge is 2.19. The Morgan fingerprint density at radius 1 is 1.14 bits per heavy atom. The zero-order chi connectivity index (χ0) is 19.5. The number of benzene rings is 1. The first kappa shape index (κ1) is 24.9. The maximum absolute atomic E-state index is 11.2. The monoisotopic (exact) mass is 429 g/mol. The zero-order valence-corrected chi connectivity index (χ0v) is 19.1. The van der Waals surface area contributed by atoms with Gasteiger partial charge < -0.3 is 15.0 Å². The van der Waals surface area contributed by atoms with E-state index in [1.165, 1.54) is 17.0 Å². The Balaban J connectivity index is 0.00000392. The van der Waals surface area contributed by atoms with E-state index in [4.69, 9.17) is 4.74 Å². The van der Waals surface area contributed by atoms with Crippen LogP contribution in [-0.4, -0.2) is 62.1 Å². The van der Waals surface area contributed by atoms with Crippen LogP contribution in [0.4, 0.5) is 10.5 Å². The predicted molar refractivity (Wildman–Crippen MR) is 122 cm³/mol. The minimum atomic E-state index is -0.301. The number of hydrogen-bond donors (Lipinski definition) is 1. The molecular weight excluding hydrogens is 394 g/mol. The number of halogens is 1. The minimum Gasteiger partial charge on any atom is -0.450 e. The van der Waals surface area contributed by atoms with E-state index in [1.807, 2.05) is 18.7 Å². The Morgan fingerprint density at radius 3 is 2.54 bits per heavy atom. The number of carbonyl (C=O) groups excluding carboxylic acids is 1. The summed E-state index contributed by atoms with van der Waals surface area (Å²) in [4.78, 5) is 17.7. The molecule has 0 spiro atoms. The number of anilines is 1. The SMILES string of the molecule is CCNC(=O)OCCCCCN1CCN(c2ccccc2SC(C)C)CC1.Cl. The average molecular weight is 430 g/mol. The maximum Gasteiger partial charge on any atom is 0.407 e. The normalized spacial score (nSPS) is 14.6. The van der Waals surface area contributed by atoms with Crippen molar-refractivity contribution in [3.63, 3.8) is 0 Å². The van der Waals surface area contributed by atoms with Crippen LogP contribution in [0.3, 0.4) is 0 Å². The van der Waals surface area contributed by atoms with Gasteiger partial charge in [0, 0.05) is 42.9 Å². The fraction of sp³-hybridized carbons (Fsp3) is 0.667.